The number of carbonyl (C=O) groups excluding carboxylic acids is 2. The zero-order valence-electron chi connectivity index (χ0n) is 13.8. The van der Waals surface area contributed by atoms with Gasteiger partial charge < -0.3 is 11.1 Å². The van der Waals surface area contributed by atoms with E-state index in [2.05, 4.69) is 10.3 Å². The van der Waals surface area contributed by atoms with Crippen molar-refractivity contribution in [2.45, 2.75) is 13.5 Å². The van der Waals surface area contributed by atoms with Crippen molar-refractivity contribution in [2.24, 2.45) is 5.73 Å². The quantitative estimate of drug-likeness (QED) is 0.733. The van der Waals surface area contributed by atoms with Gasteiger partial charge in [-0.05, 0) is 36.8 Å². The molecule has 0 spiro atoms. The number of nitrogens with one attached hydrogen (secondary N) is 1. The summed E-state index contributed by atoms with van der Waals surface area (Å²) in [6, 6.07) is 9.67. The molecule has 7 nitrogen and oxygen atoms in total. The Morgan fingerprint density at radius 3 is 2.73 bits per heavy atom. The molecule has 0 aliphatic rings. The third-order valence-corrected chi connectivity index (χ3v) is 4.20. The lowest BCUT2D eigenvalue weighted by Gasteiger charge is -2.09. The molecule has 0 fully saturated rings. The smallest absolute Gasteiger partial charge is 0.261 e. The molecule has 0 aliphatic heterocycles. The number of para-hydroxylation sites is 1. The molecule has 0 atom stereocenters. The average Bonchev–Trinajstić information content (AvgIpc) is 2.57. The first-order valence-electron chi connectivity index (χ1n) is 7.71. The lowest BCUT2D eigenvalue weighted by molar-refractivity contribution is -0.116. The van der Waals surface area contributed by atoms with Gasteiger partial charge in [0.2, 0.25) is 11.8 Å². The molecule has 0 radical (unpaired) electrons. The number of carbonyl (C=O) groups is 2. The van der Waals surface area contributed by atoms with Crippen LogP contribution in [-0.4, -0.2) is 21.4 Å². The van der Waals surface area contributed by atoms with Crippen LogP contribution < -0.4 is 16.6 Å². The van der Waals surface area contributed by atoms with Gasteiger partial charge in [0.1, 0.15) is 6.54 Å². The van der Waals surface area contributed by atoms with Gasteiger partial charge in [-0.15, -0.1) is 0 Å². The lowest BCUT2D eigenvalue weighted by Crippen LogP contribution is -2.28. The first-order chi connectivity index (χ1) is 12.4. The third kappa shape index (κ3) is 3.43. The summed E-state index contributed by atoms with van der Waals surface area (Å²) in [5.74, 6) is -1.08. The summed E-state index contributed by atoms with van der Waals surface area (Å²) < 4.78 is 1.23. The number of benzene rings is 2. The van der Waals surface area contributed by atoms with E-state index in [0.717, 1.165) is 5.56 Å². The van der Waals surface area contributed by atoms with Crippen molar-refractivity contribution in [1.29, 1.82) is 0 Å². The van der Waals surface area contributed by atoms with Crippen LogP contribution in [0.2, 0.25) is 5.02 Å². The molecule has 3 aromatic rings. The van der Waals surface area contributed by atoms with Crippen LogP contribution in [0.25, 0.3) is 10.9 Å². The standard InChI is InChI=1S/C18H15ClN4O3/c1-10-3-2-4-13-16(10)21-9-23(18(13)26)8-15(24)22-11-5-6-12(17(20)25)14(19)7-11/h2-7,9H,8H2,1H3,(H2,20,25)(H,22,24). The van der Waals surface area contributed by atoms with Crippen molar-refractivity contribution in [3.05, 3.63) is 69.2 Å². The Balaban J connectivity index is 1.82. The highest BCUT2D eigenvalue weighted by atomic mass is 35.5. The summed E-state index contributed by atoms with van der Waals surface area (Å²) in [6.45, 7) is 1.66. The van der Waals surface area contributed by atoms with Crippen molar-refractivity contribution in [1.82, 2.24) is 9.55 Å². The van der Waals surface area contributed by atoms with Gasteiger partial charge in [0.15, 0.2) is 0 Å². The molecule has 26 heavy (non-hydrogen) atoms. The Bertz CT molecular complexity index is 1090. The Morgan fingerprint density at radius 1 is 1.27 bits per heavy atom. The molecule has 132 valence electrons. The van der Waals surface area contributed by atoms with Crippen molar-refractivity contribution >= 4 is 40.0 Å². The molecule has 0 saturated carbocycles. The van der Waals surface area contributed by atoms with E-state index in [-0.39, 0.29) is 22.7 Å². The minimum absolute atomic E-state index is 0.135. The maximum Gasteiger partial charge on any atom is 0.261 e. The summed E-state index contributed by atoms with van der Waals surface area (Å²) in [5, 5.41) is 3.21. The normalized spacial score (nSPS) is 10.7. The molecule has 0 saturated heterocycles. The Labute approximate surface area is 153 Å². The fourth-order valence-electron chi connectivity index (χ4n) is 2.60. The van der Waals surface area contributed by atoms with Crippen LogP contribution in [0, 0.1) is 6.92 Å². The number of fused-ring (bicyclic) bond motifs is 1. The van der Waals surface area contributed by atoms with Crippen molar-refractivity contribution in [3.63, 3.8) is 0 Å². The molecular formula is C18H15ClN4O3. The highest BCUT2D eigenvalue weighted by Gasteiger charge is 2.11. The van der Waals surface area contributed by atoms with E-state index in [1.165, 1.54) is 29.1 Å². The highest BCUT2D eigenvalue weighted by Crippen LogP contribution is 2.20. The highest BCUT2D eigenvalue weighted by molar-refractivity contribution is 6.34. The van der Waals surface area contributed by atoms with Gasteiger partial charge in [-0.3, -0.25) is 19.0 Å². The molecule has 2 amide bonds. The SMILES string of the molecule is Cc1cccc2c(=O)n(CC(=O)Nc3ccc(C(N)=O)c(Cl)c3)cnc12. The van der Waals surface area contributed by atoms with Gasteiger partial charge in [0.25, 0.3) is 5.56 Å². The van der Waals surface area contributed by atoms with Gasteiger partial charge >= 0.3 is 0 Å². The first-order valence-corrected chi connectivity index (χ1v) is 8.08. The van der Waals surface area contributed by atoms with Gasteiger partial charge in [-0.25, -0.2) is 4.98 Å². The van der Waals surface area contributed by atoms with E-state index < -0.39 is 11.8 Å². The van der Waals surface area contributed by atoms with Gasteiger partial charge in [-0.2, -0.15) is 0 Å². The molecule has 0 aliphatic carbocycles. The van der Waals surface area contributed by atoms with E-state index in [1.807, 2.05) is 13.0 Å². The van der Waals surface area contributed by atoms with Gasteiger partial charge in [0, 0.05) is 5.69 Å². The van der Waals surface area contributed by atoms with E-state index in [9.17, 15) is 14.4 Å². The second kappa shape index (κ2) is 6.97. The van der Waals surface area contributed by atoms with Crippen LogP contribution in [0.4, 0.5) is 5.69 Å². The minimum Gasteiger partial charge on any atom is -0.366 e. The monoisotopic (exact) mass is 370 g/mol. The Kier molecular flexibility index (Phi) is 4.73. The molecule has 1 heterocycles. The number of aryl methyl sites for hydroxylation is 1. The van der Waals surface area contributed by atoms with E-state index in [4.69, 9.17) is 17.3 Å². The third-order valence-electron chi connectivity index (χ3n) is 3.89. The minimum atomic E-state index is -0.656. The molecule has 3 rings (SSSR count). The average molecular weight is 371 g/mol. The summed E-state index contributed by atoms with van der Waals surface area (Å²) in [6.07, 6.45) is 1.35. The van der Waals surface area contributed by atoms with E-state index >= 15 is 0 Å². The summed E-state index contributed by atoms with van der Waals surface area (Å²) in [4.78, 5) is 40.2. The zero-order chi connectivity index (χ0) is 18.8. The number of hydrogen-bond donors (Lipinski definition) is 2. The van der Waals surface area contributed by atoms with E-state index in [1.54, 1.807) is 12.1 Å². The number of halogens is 1. The number of primary amides is 1. The molecule has 0 unspecified atom stereocenters. The number of amides is 2. The summed E-state index contributed by atoms with van der Waals surface area (Å²) >= 11 is 5.96. The molecule has 2 aromatic carbocycles. The Morgan fingerprint density at radius 2 is 2.04 bits per heavy atom. The summed E-state index contributed by atoms with van der Waals surface area (Å²) in [7, 11) is 0. The Hall–Kier alpha value is -3.19. The van der Waals surface area contributed by atoms with Gasteiger partial charge in [0.05, 0.1) is 27.8 Å². The zero-order valence-corrected chi connectivity index (χ0v) is 14.6. The van der Waals surface area contributed by atoms with Crippen LogP contribution in [0.5, 0.6) is 0 Å². The first kappa shape index (κ1) is 17.6. The van der Waals surface area contributed by atoms with Crippen LogP contribution in [0.15, 0.2) is 47.5 Å². The molecule has 1 aromatic heterocycles. The maximum atomic E-state index is 12.5. The number of hydrogen-bond acceptors (Lipinski definition) is 4. The van der Waals surface area contributed by atoms with Crippen LogP contribution in [0.3, 0.4) is 0 Å². The number of aromatic nitrogens is 2. The largest absolute Gasteiger partial charge is 0.366 e. The van der Waals surface area contributed by atoms with Crippen LogP contribution >= 0.6 is 11.6 Å². The maximum absolute atomic E-state index is 12.5. The second-order valence-electron chi connectivity index (χ2n) is 5.76. The molecule has 8 heteroatoms. The number of rotatable bonds is 4. The fourth-order valence-corrected chi connectivity index (χ4v) is 2.87. The van der Waals surface area contributed by atoms with Crippen molar-refractivity contribution < 1.29 is 9.59 Å². The predicted octanol–water partition coefficient (Wildman–Crippen LogP) is 2.10. The second-order valence-corrected chi connectivity index (χ2v) is 6.16. The number of nitrogens with two attached hydrogens (primary N) is 1. The number of nitrogens with zero attached hydrogens (tertiary/aromatic N) is 2. The molecular weight excluding hydrogens is 356 g/mol. The predicted molar refractivity (Wildman–Crippen MR) is 99.3 cm³/mol. The molecule has 3 N–H and O–H groups in total. The fraction of sp³-hybridized carbons (Fsp3) is 0.111. The lowest BCUT2D eigenvalue weighted by atomic mass is 10.1. The van der Waals surface area contributed by atoms with Crippen LogP contribution in [0.1, 0.15) is 15.9 Å². The topological polar surface area (TPSA) is 107 Å². The number of anilines is 1. The van der Waals surface area contributed by atoms with Crippen molar-refractivity contribution in [2.75, 3.05) is 5.32 Å². The summed E-state index contributed by atoms with van der Waals surface area (Å²) in [5.41, 5.74) is 6.95. The van der Waals surface area contributed by atoms with Crippen LogP contribution in [-0.2, 0) is 11.3 Å². The van der Waals surface area contributed by atoms with Gasteiger partial charge in [-0.1, -0.05) is 23.7 Å². The van der Waals surface area contributed by atoms with Crippen molar-refractivity contribution in [3.8, 4) is 0 Å². The molecule has 0 bridgehead atoms. The van der Waals surface area contributed by atoms with E-state index in [0.29, 0.717) is 16.6 Å².